The van der Waals surface area contributed by atoms with E-state index < -0.39 is 0 Å². The van der Waals surface area contributed by atoms with E-state index in [4.69, 9.17) is 0 Å². The van der Waals surface area contributed by atoms with Crippen LogP contribution in [0, 0.1) is 0 Å². The Hall–Kier alpha value is -1.63. The van der Waals surface area contributed by atoms with Crippen LogP contribution in [0.3, 0.4) is 0 Å². The van der Waals surface area contributed by atoms with E-state index in [1.165, 1.54) is 10.9 Å². The molecule has 0 unspecified atom stereocenters. The van der Waals surface area contributed by atoms with Crippen LogP contribution < -0.4 is 0 Å². The Bertz CT molecular complexity index is 427. The van der Waals surface area contributed by atoms with Crippen LogP contribution in [0.25, 0.3) is 10.9 Å². The van der Waals surface area contributed by atoms with Gasteiger partial charge in [0.2, 0.25) is 0 Å². The quantitative estimate of drug-likeness (QED) is 0.630. The Morgan fingerprint density at radius 1 is 1.23 bits per heavy atom. The molecule has 0 saturated carbocycles. The van der Waals surface area contributed by atoms with Crippen molar-refractivity contribution in [3.8, 4) is 0 Å². The lowest BCUT2D eigenvalue weighted by Crippen LogP contribution is -1.86. The number of allylic oxidation sites excluding steroid dienone is 1. The molecule has 13 heavy (non-hydrogen) atoms. The molecule has 1 aromatic heterocycles. The van der Waals surface area contributed by atoms with Crippen molar-refractivity contribution in [3.05, 3.63) is 54.7 Å². The van der Waals surface area contributed by atoms with Gasteiger partial charge < -0.3 is 0 Å². The average Bonchev–Trinajstić information content (AvgIpc) is 2.19. The number of para-hydroxylation sites is 1. The van der Waals surface area contributed by atoms with Crippen LogP contribution in [0.4, 0.5) is 0 Å². The molecule has 0 atom stereocenters. The number of hydrogen-bond acceptors (Lipinski definition) is 1. The summed E-state index contributed by atoms with van der Waals surface area (Å²) in [5.74, 6) is 0. The molecule has 0 aliphatic carbocycles. The van der Waals surface area contributed by atoms with Gasteiger partial charge in [0.1, 0.15) is 0 Å². The van der Waals surface area contributed by atoms with Crippen LogP contribution >= 0.6 is 0 Å². The average molecular weight is 169 g/mol. The summed E-state index contributed by atoms with van der Waals surface area (Å²) in [7, 11) is 0. The molecule has 0 bridgehead atoms. The van der Waals surface area contributed by atoms with Crippen LogP contribution in [-0.2, 0) is 6.42 Å². The van der Waals surface area contributed by atoms with Crippen molar-refractivity contribution >= 4 is 10.9 Å². The van der Waals surface area contributed by atoms with Crippen molar-refractivity contribution in [2.75, 3.05) is 0 Å². The summed E-state index contributed by atoms with van der Waals surface area (Å²) in [6.07, 6.45) is 4.62. The first-order valence-corrected chi connectivity index (χ1v) is 4.35. The molecule has 1 heteroatoms. The summed E-state index contributed by atoms with van der Waals surface area (Å²) >= 11 is 0. The maximum atomic E-state index is 4.35. The van der Waals surface area contributed by atoms with Gasteiger partial charge in [0.25, 0.3) is 0 Å². The molecule has 0 N–H and O–H groups in total. The summed E-state index contributed by atoms with van der Waals surface area (Å²) in [5.41, 5.74) is 2.33. The molecule has 2 aromatic rings. The molecule has 1 nitrogen and oxygen atoms in total. The van der Waals surface area contributed by atoms with Crippen molar-refractivity contribution in [1.82, 2.24) is 4.98 Å². The molecule has 64 valence electrons. The molecule has 0 fully saturated rings. The van der Waals surface area contributed by atoms with E-state index in [0.717, 1.165) is 11.9 Å². The normalized spacial score (nSPS) is 10.2. The smallest absolute Gasteiger partial charge is 0.0737 e. The highest BCUT2D eigenvalue weighted by molar-refractivity contribution is 5.81. The van der Waals surface area contributed by atoms with Crippen molar-refractivity contribution in [2.45, 2.75) is 6.42 Å². The fraction of sp³-hybridized carbons (Fsp3) is 0.0833. The van der Waals surface area contributed by atoms with Gasteiger partial charge in [-0.2, -0.15) is 0 Å². The largest absolute Gasteiger partial charge is 0.256 e. The number of benzene rings is 1. The Kier molecular flexibility index (Phi) is 2.09. The van der Waals surface area contributed by atoms with Gasteiger partial charge in [0.05, 0.1) is 5.52 Å². The summed E-state index contributed by atoms with van der Waals surface area (Å²) in [4.78, 5) is 4.35. The lowest BCUT2D eigenvalue weighted by molar-refractivity contribution is 1.27. The minimum absolute atomic E-state index is 0.883. The Labute approximate surface area is 77.7 Å². The second kappa shape index (κ2) is 3.40. The predicted octanol–water partition coefficient (Wildman–Crippen LogP) is 2.96. The highest BCUT2D eigenvalue weighted by Gasteiger charge is 1.98. The van der Waals surface area contributed by atoms with Gasteiger partial charge in [-0.3, -0.25) is 4.98 Å². The number of pyridine rings is 1. The lowest BCUT2D eigenvalue weighted by atomic mass is 10.1. The monoisotopic (exact) mass is 169 g/mol. The second-order valence-corrected chi connectivity index (χ2v) is 2.99. The zero-order valence-corrected chi connectivity index (χ0v) is 7.40. The van der Waals surface area contributed by atoms with Crippen molar-refractivity contribution in [1.29, 1.82) is 0 Å². The molecule has 0 aliphatic heterocycles. The number of nitrogens with zero attached hydrogens (tertiary/aromatic N) is 1. The summed E-state index contributed by atoms with van der Waals surface area (Å²) in [6.45, 7) is 3.73. The fourth-order valence-electron chi connectivity index (χ4n) is 1.49. The number of aromatic nitrogens is 1. The van der Waals surface area contributed by atoms with E-state index in [1.54, 1.807) is 0 Å². The van der Waals surface area contributed by atoms with E-state index in [2.05, 4.69) is 35.8 Å². The highest BCUT2D eigenvalue weighted by atomic mass is 14.6. The van der Waals surface area contributed by atoms with E-state index in [1.807, 2.05) is 18.3 Å². The van der Waals surface area contributed by atoms with E-state index in [9.17, 15) is 0 Å². The van der Waals surface area contributed by atoms with E-state index in [0.29, 0.717) is 0 Å². The van der Waals surface area contributed by atoms with Gasteiger partial charge in [0.15, 0.2) is 0 Å². The van der Waals surface area contributed by atoms with Gasteiger partial charge in [-0.05, 0) is 18.1 Å². The number of rotatable bonds is 2. The second-order valence-electron chi connectivity index (χ2n) is 2.99. The van der Waals surface area contributed by atoms with Crippen LogP contribution in [0.2, 0.25) is 0 Å². The zero-order valence-electron chi connectivity index (χ0n) is 7.40. The molecule has 0 radical (unpaired) electrons. The van der Waals surface area contributed by atoms with E-state index in [-0.39, 0.29) is 0 Å². The van der Waals surface area contributed by atoms with Gasteiger partial charge in [-0.1, -0.05) is 30.3 Å². The molecule has 0 saturated heterocycles. The molecule has 0 spiro atoms. The SMILES string of the molecule is C=CCc1cccc2cccnc12. The van der Waals surface area contributed by atoms with Gasteiger partial charge in [-0.15, -0.1) is 6.58 Å². The van der Waals surface area contributed by atoms with Crippen molar-refractivity contribution in [3.63, 3.8) is 0 Å². The minimum atomic E-state index is 0.883. The van der Waals surface area contributed by atoms with Gasteiger partial charge in [-0.25, -0.2) is 0 Å². The van der Waals surface area contributed by atoms with Gasteiger partial charge >= 0.3 is 0 Å². The Morgan fingerprint density at radius 3 is 2.92 bits per heavy atom. The predicted molar refractivity (Wildman–Crippen MR) is 55.6 cm³/mol. The summed E-state index contributed by atoms with van der Waals surface area (Å²) < 4.78 is 0. The zero-order chi connectivity index (χ0) is 9.10. The number of hydrogen-bond donors (Lipinski definition) is 0. The Balaban J connectivity index is 2.68. The lowest BCUT2D eigenvalue weighted by Gasteiger charge is -2.01. The van der Waals surface area contributed by atoms with Crippen LogP contribution in [0.15, 0.2) is 49.2 Å². The molecule has 0 amide bonds. The molecule has 0 aliphatic rings. The maximum Gasteiger partial charge on any atom is 0.0737 e. The first-order chi connectivity index (χ1) is 6.42. The molecule has 1 aromatic carbocycles. The highest BCUT2D eigenvalue weighted by Crippen LogP contribution is 2.16. The van der Waals surface area contributed by atoms with E-state index >= 15 is 0 Å². The molecule has 2 rings (SSSR count). The maximum absolute atomic E-state index is 4.35. The third kappa shape index (κ3) is 1.45. The third-order valence-corrected chi connectivity index (χ3v) is 2.08. The summed E-state index contributed by atoms with van der Waals surface area (Å²) in [6, 6.07) is 10.3. The molecular formula is C12H11N. The first kappa shape index (κ1) is 7.99. The third-order valence-electron chi connectivity index (χ3n) is 2.08. The topological polar surface area (TPSA) is 12.9 Å². The van der Waals surface area contributed by atoms with Crippen molar-refractivity contribution in [2.24, 2.45) is 0 Å². The number of fused-ring (bicyclic) bond motifs is 1. The Morgan fingerprint density at radius 2 is 2.08 bits per heavy atom. The standard InChI is InChI=1S/C12H11N/c1-2-5-10-6-3-7-11-8-4-9-13-12(10)11/h2-4,6-9H,1,5H2. The van der Waals surface area contributed by atoms with Crippen LogP contribution in [0.5, 0.6) is 0 Å². The minimum Gasteiger partial charge on any atom is -0.256 e. The van der Waals surface area contributed by atoms with Gasteiger partial charge in [0, 0.05) is 11.6 Å². The van der Waals surface area contributed by atoms with Crippen molar-refractivity contribution < 1.29 is 0 Å². The van der Waals surface area contributed by atoms with Crippen LogP contribution in [-0.4, -0.2) is 4.98 Å². The first-order valence-electron chi connectivity index (χ1n) is 4.35. The molecular weight excluding hydrogens is 158 g/mol. The summed E-state index contributed by atoms with van der Waals surface area (Å²) in [5, 5.41) is 1.20. The molecule has 1 heterocycles. The van der Waals surface area contributed by atoms with Crippen LogP contribution in [0.1, 0.15) is 5.56 Å². The fourth-order valence-corrected chi connectivity index (χ4v) is 1.49.